The zero-order chi connectivity index (χ0) is 26.8. The number of esters is 1. The Bertz CT molecular complexity index is 1110. The van der Waals surface area contributed by atoms with Crippen LogP contribution >= 0.6 is 11.3 Å². The van der Waals surface area contributed by atoms with E-state index in [1.54, 1.807) is 0 Å². The molecule has 1 N–H and O–H groups in total. The molecule has 2 aromatic heterocycles. The second-order valence-electron chi connectivity index (χ2n) is 8.21. The molecule has 0 aromatic carbocycles. The average Bonchev–Trinajstić information content (AvgIpc) is 3.37. The van der Waals surface area contributed by atoms with Crippen molar-refractivity contribution in [1.29, 1.82) is 0 Å². The molecule has 2 atom stereocenters. The quantitative estimate of drug-likeness (QED) is 0.329. The second kappa shape index (κ2) is 11.0. The Morgan fingerprint density at radius 1 is 1.28 bits per heavy atom. The van der Waals surface area contributed by atoms with Crippen molar-refractivity contribution in [3.8, 4) is 10.4 Å². The number of hydrogen-bond acceptors (Lipinski definition) is 7. The number of pyridine rings is 1. The van der Waals surface area contributed by atoms with Crippen LogP contribution in [0.2, 0.25) is 0 Å². The molecule has 1 aliphatic rings. The number of nitrogens with one attached hydrogen (secondary N) is 1. The molecule has 1 aliphatic heterocycles. The summed E-state index contributed by atoms with van der Waals surface area (Å²) in [5, 5.41) is 2.07. The summed E-state index contributed by atoms with van der Waals surface area (Å²) in [6.07, 6.45) is -5.54. The summed E-state index contributed by atoms with van der Waals surface area (Å²) in [5.74, 6) is -5.27. The third-order valence-electron chi connectivity index (χ3n) is 5.56. The van der Waals surface area contributed by atoms with Crippen LogP contribution in [0.4, 0.5) is 32.2 Å². The van der Waals surface area contributed by atoms with Gasteiger partial charge in [0.05, 0.1) is 24.1 Å². The van der Waals surface area contributed by atoms with Crippen LogP contribution in [0.25, 0.3) is 10.4 Å². The minimum atomic E-state index is -3.14. The van der Waals surface area contributed by atoms with Crippen LogP contribution in [-0.4, -0.2) is 64.3 Å². The Hall–Kier alpha value is -2.90. The molecular formula is C22H24F6N4O3S. The number of likely N-dealkylation sites (tertiary alicyclic amines) is 1. The van der Waals surface area contributed by atoms with Crippen LogP contribution < -0.4 is 5.32 Å². The molecule has 198 valence electrons. The van der Waals surface area contributed by atoms with Crippen LogP contribution in [0.15, 0.2) is 12.3 Å². The molecule has 0 saturated carbocycles. The van der Waals surface area contributed by atoms with E-state index in [9.17, 15) is 35.9 Å². The van der Waals surface area contributed by atoms with Crippen molar-refractivity contribution in [1.82, 2.24) is 14.9 Å². The molecule has 3 rings (SSSR count). The molecule has 0 bridgehead atoms. The van der Waals surface area contributed by atoms with E-state index >= 15 is 0 Å². The van der Waals surface area contributed by atoms with Gasteiger partial charge in [0.15, 0.2) is 0 Å². The lowest BCUT2D eigenvalue weighted by Gasteiger charge is -2.21. The van der Waals surface area contributed by atoms with Gasteiger partial charge in [-0.15, -0.1) is 11.3 Å². The van der Waals surface area contributed by atoms with Gasteiger partial charge < -0.3 is 15.0 Å². The largest absolute Gasteiger partial charge is 0.461 e. The molecule has 7 nitrogen and oxygen atoms in total. The topological polar surface area (TPSA) is 84.4 Å². The van der Waals surface area contributed by atoms with Gasteiger partial charge in [0.1, 0.15) is 11.5 Å². The number of halogens is 6. The maximum Gasteiger partial charge on any atom is 0.367 e. The van der Waals surface area contributed by atoms with E-state index < -0.39 is 67.0 Å². The van der Waals surface area contributed by atoms with Crippen LogP contribution in [0.3, 0.4) is 0 Å². The molecule has 0 radical (unpaired) electrons. The second-order valence-corrected chi connectivity index (χ2v) is 9.21. The van der Waals surface area contributed by atoms with E-state index in [0.29, 0.717) is 11.3 Å². The van der Waals surface area contributed by atoms with Crippen LogP contribution in [0, 0.1) is 0 Å². The molecule has 36 heavy (non-hydrogen) atoms. The Kier molecular flexibility index (Phi) is 8.47. The van der Waals surface area contributed by atoms with Gasteiger partial charge in [-0.1, -0.05) is 6.92 Å². The first kappa shape index (κ1) is 27.7. The maximum atomic E-state index is 14.0. The lowest BCUT2D eigenvalue weighted by atomic mass is 10.1. The molecule has 0 unspecified atom stereocenters. The maximum absolute atomic E-state index is 14.0. The Labute approximate surface area is 206 Å². The highest BCUT2D eigenvalue weighted by Gasteiger charge is 2.46. The van der Waals surface area contributed by atoms with Crippen molar-refractivity contribution < 1.29 is 40.7 Å². The Morgan fingerprint density at radius 2 is 1.97 bits per heavy atom. The first-order valence-corrected chi connectivity index (χ1v) is 11.9. The molecule has 0 spiro atoms. The SMILES string of the molecule is CCOC(=O)c1nc(C(=O)N2CC(F)(F)C[C@@H]2C)c(-c2cnc(N[C@@H](CC)C(F)F)cc2C(F)F)s1. The van der Waals surface area contributed by atoms with Gasteiger partial charge in [-0.2, -0.15) is 0 Å². The number of nitrogens with zero attached hydrogens (tertiary/aromatic N) is 3. The standard InChI is InChI=1S/C22H24F6N4O3S/c1-4-13(18(25)26)30-14-6-11(17(23)24)12(8-29-14)16-15(31-19(36-16)21(34)35-5-2)20(33)32-9-22(27,28)7-10(32)3/h6,8,10,13,17-18H,4-5,7,9H2,1-3H3,(H,29,30)/t10-,13-/m0/s1. The van der Waals surface area contributed by atoms with Gasteiger partial charge in [-0.3, -0.25) is 4.79 Å². The van der Waals surface area contributed by atoms with Crippen molar-refractivity contribution in [2.45, 2.75) is 64.5 Å². The van der Waals surface area contributed by atoms with Crippen LogP contribution in [0.1, 0.15) is 65.9 Å². The summed E-state index contributed by atoms with van der Waals surface area (Å²) >= 11 is 0.575. The fraction of sp³-hybridized carbons (Fsp3) is 0.545. The molecular weight excluding hydrogens is 514 g/mol. The number of amides is 1. The third-order valence-corrected chi connectivity index (χ3v) is 6.63. The summed E-state index contributed by atoms with van der Waals surface area (Å²) in [6.45, 7) is 3.50. The fourth-order valence-corrected chi connectivity index (χ4v) is 4.78. The molecule has 2 aromatic rings. The highest BCUT2D eigenvalue weighted by atomic mass is 32.1. The Balaban J connectivity index is 2.10. The van der Waals surface area contributed by atoms with Gasteiger partial charge in [-0.05, 0) is 26.3 Å². The lowest BCUT2D eigenvalue weighted by Crippen LogP contribution is -2.35. The number of thiazole rings is 1. The van der Waals surface area contributed by atoms with Gasteiger partial charge in [0.25, 0.3) is 24.7 Å². The van der Waals surface area contributed by atoms with E-state index in [0.717, 1.165) is 17.2 Å². The number of alkyl halides is 6. The third kappa shape index (κ3) is 5.90. The number of carbonyl (C=O) groups excluding carboxylic acids is 2. The van der Waals surface area contributed by atoms with Gasteiger partial charge >= 0.3 is 5.97 Å². The number of hydrogen-bond donors (Lipinski definition) is 1. The van der Waals surface area contributed by atoms with Gasteiger partial charge in [-0.25, -0.2) is 41.1 Å². The highest BCUT2D eigenvalue weighted by molar-refractivity contribution is 7.17. The number of rotatable bonds is 9. The Morgan fingerprint density at radius 3 is 2.50 bits per heavy atom. The van der Waals surface area contributed by atoms with E-state index in [4.69, 9.17) is 4.74 Å². The summed E-state index contributed by atoms with van der Waals surface area (Å²) in [7, 11) is 0. The predicted octanol–water partition coefficient (Wildman–Crippen LogP) is 5.64. The van der Waals surface area contributed by atoms with E-state index in [-0.39, 0.29) is 34.3 Å². The lowest BCUT2D eigenvalue weighted by molar-refractivity contribution is 0.0117. The smallest absolute Gasteiger partial charge is 0.367 e. The number of carbonyl (C=O) groups is 2. The number of ether oxygens (including phenoxy) is 1. The highest BCUT2D eigenvalue weighted by Crippen LogP contribution is 2.40. The van der Waals surface area contributed by atoms with E-state index in [2.05, 4.69) is 15.3 Å². The molecule has 0 aliphatic carbocycles. The summed E-state index contributed by atoms with van der Waals surface area (Å²) in [4.78, 5) is 34.1. The first-order valence-electron chi connectivity index (χ1n) is 11.1. The fourth-order valence-electron chi connectivity index (χ4n) is 3.80. The summed E-state index contributed by atoms with van der Waals surface area (Å²) < 4.78 is 87.1. The summed E-state index contributed by atoms with van der Waals surface area (Å²) in [5.41, 5.74) is -1.42. The zero-order valence-corrected chi connectivity index (χ0v) is 20.4. The van der Waals surface area contributed by atoms with Crippen LogP contribution in [-0.2, 0) is 4.74 Å². The normalized spacial score (nSPS) is 18.1. The van der Waals surface area contributed by atoms with Crippen molar-refractivity contribution >= 4 is 29.0 Å². The molecule has 1 amide bonds. The molecule has 3 heterocycles. The zero-order valence-electron chi connectivity index (χ0n) is 19.5. The average molecular weight is 539 g/mol. The van der Waals surface area contributed by atoms with Crippen molar-refractivity contribution in [2.24, 2.45) is 0 Å². The van der Waals surface area contributed by atoms with Crippen molar-refractivity contribution in [2.75, 3.05) is 18.5 Å². The summed E-state index contributed by atoms with van der Waals surface area (Å²) in [6, 6.07) is -1.33. The first-order chi connectivity index (χ1) is 16.9. The van der Waals surface area contributed by atoms with Crippen molar-refractivity contribution in [3.63, 3.8) is 0 Å². The molecule has 1 saturated heterocycles. The monoisotopic (exact) mass is 538 g/mol. The van der Waals surface area contributed by atoms with E-state index in [1.165, 1.54) is 20.8 Å². The predicted molar refractivity (Wildman–Crippen MR) is 120 cm³/mol. The number of anilines is 1. The van der Waals surface area contributed by atoms with Crippen molar-refractivity contribution in [3.05, 3.63) is 28.5 Å². The molecule has 14 heteroatoms. The molecule has 1 fully saturated rings. The van der Waals surface area contributed by atoms with E-state index in [1.807, 2.05) is 0 Å². The number of aromatic nitrogens is 2. The van der Waals surface area contributed by atoms with Gasteiger partial charge in [0, 0.05) is 29.8 Å². The minimum absolute atomic E-state index is 0.000157. The van der Waals surface area contributed by atoms with Gasteiger partial charge in [0.2, 0.25) is 5.01 Å². The van der Waals surface area contributed by atoms with Crippen LogP contribution in [0.5, 0.6) is 0 Å². The minimum Gasteiger partial charge on any atom is -0.461 e.